The van der Waals surface area contributed by atoms with Crippen LogP contribution in [0, 0.1) is 11.3 Å². The molecule has 0 aliphatic carbocycles. The Bertz CT molecular complexity index is 1500. The number of aryl methyl sites for hydroxylation is 1. The highest BCUT2D eigenvalue weighted by molar-refractivity contribution is 5.87. The van der Waals surface area contributed by atoms with Crippen LogP contribution in [-0.2, 0) is 19.0 Å². The van der Waals surface area contributed by atoms with E-state index in [0.717, 1.165) is 34.5 Å². The molecule has 3 heterocycles. The summed E-state index contributed by atoms with van der Waals surface area (Å²) in [7, 11) is 1.74. The molecule has 6 heteroatoms. The minimum absolute atomic E-state index is 0.154. The fourth-order valence-electron chi connectivity index (χ4n) is 4.11. The first-order valence-electron chi connectivity index (χ1n) is 10.8. The Balaban J connectivity index is 1.59. The number of aromatic nitrogens is 3. The van der Waals surface area contributed by atoms with Crippen LogP contribution in [0.25, 0.3) is 28.2 Å². The van der Waals surface area contributed by atoms with Gasteiger partial charge in [-0.15, -0.1) is 0 Å². The molecule has 1 aliphatic heterocycles. The average Bonchev–Trinajstić information content (AvgIpc) is 3.43. The standard InChI is InChI=1S/C27H23N5O/c1-27(2,17-28)22-6-8-23(9-7-22)32-25(16-31(3)26(32)33)24-13-19(10-11-30-24)18-4-5-20-14-29-15-21(20)12-18/h4-13,15-16H,14H2,1-3H3. The third-order valence-corrected chi connectivity index (χ3v) is 6.17. The first-order valence-corrected chi connectivity index (χ1v) is 10.8. The van der Waals surface area contributed by atoms with E-state index >= 15 is 0 Å². The molecule has 0 bridgehead atoms. The third-order valence-electron chi connectivity index (χ3n) is 6.17. The average molecular weight is 434 g/mol. The van der Waals surface area contributed by atoms with Crippen LogP contribution < -0.4 is 5.69 Å². The summed E-state index contributed by atoms with van der Waals surface area (Å²) in [6.07, 6.45) is 5.48. The summed E-state index contributed by atoms with van der Waals surface area (Å²) in [5, 5.41) is 9.42. The SMILES string of the molecule is Cn1cc(-c2cc(-c3ccc4c(c3)C=NC4)ccn2)n(-c2ccc(C(C)(C)C#N)cc2)c1=O. The molecule has 0 unspecified atom stereocenters. The quantitative estimate of drug-likeness (QED) is 0.471. The van der Waals surface area contributed by atoms with Gasteiger partial charge in [-0.25, -0.2) is 4.79 Å². The molecular weight excluding hydrogens is 410 g/mol. The van der Waals surface area contributed by atoms with Crippen molar-refractivity contribution in [2.75, 3.05) is 0 Å². The van der Waals surface area contributed by atoms with Crippen LogP contribution in [0.5, 0.6) is 0 Å². The maximum absolute atomic E-state index is 13.0. The van der Waals surface area contributed by atoms with Crippen LogP contribution in [0.3, 0.4) is 0 Å². The van der Waals surface area contributed by atoms with Gasteiger partial charge in [-0.05, 0) is 72.0 Å². The number of imidazole rings is 1. The fraction of sp³-hybridized carbons (Fsp3) is 0.185. The molecule has 2 aromatic carbocycles. The van der Waals surface area contributed by atoms with Crippen LogP contribution in [-0.4, -0.2) is 20.3 Å². The number of fused-ring (bicyclic) bond motifs is 1. The van der Waals surface area contributed by atoms with E-state index in [9.17, 15) is 10.1 Å². The normalized spacial score (nSPS) is 12.5. The summed E-state index contributed by atoms with van der Waals surface area (Å²) >= 11 is 0. The van der Waals surface area contributed by atoms with Crippen LogP contribution >= 0.6 is 0 Å². The number of nitriles is 1. The van der Waals surface area contributed by atoms with Crippen molar-refractivity contribution >= 4 is 6.21 Å². The Kier molecular flexibility index (Phi) is 4.83. The van der Waals surface area contributed by atoms with E-state index in [-0.39, 0.29) is 5.69 Å². The highest BCUT2D eigenvalue weighted by atomic mass is 16.1. The van der Waals surface area contributed by atoms with Crippen molar-refractivity contribution in [1.82, 2.24) is 14.1 Å². The van der Waals surface area contributed by atoms with E-state index in [1.54, 1.807) is 28.6 Å². The number of hydrogen-bond donors (Lipinski definition) is 0. The Labute approximate surface area is 192 Å². The van der Waals surface area contributed by atoms with Gasteiger partial charge in [0.25, 0.3) is 0 Å². The molecule has 0 saturated heterocycles. The van der Waals surface area contributed by atoms with Gasteiger partial charge in [0.2, 0.25) is 0 Å². The molecule has 0 spiro atoms. The van der Waals surface area contributed by atoms with Crippen LogP contribution in [0.4, 0.5) is 0 Å². The maximum atomic E-state index is 13.0. The molecule has 33 heavy (non-hydrogen) atoms. The lowest BCUT2D eigenvalue weighted by Gasteiger charge is -2.16. The second kappa shape index (κ2) is 7.72. The monoisotopic (exact) mass is 433 g/mol. The number of rotatable bonds is 4. The van der Waals surface area contributed by atoms with Gasteiger partial charge in [-0.3, -0.25) is 14.5 Å². The molecule has 0 N–H and O–H groups in total. The highest BCUT2D eigenvalue weighted by Crippen LogP contribution is 2.29. The van der Waals surface area contributed by atoms with Gasteiger partial charge >= 0.3 is 5.69 Å². The van der Waals surface area contributed by atoms with Gasteiger partial charge in [0.1, 0.15) is 0 Å². The van der Waals surface area contributed by atoms with Gasteiger partial charge in [-0.1, -0.05) is 24.3 Å². The molecule has 162 valence electrons. The summed E-state index contributed by atoms with van der Waals surface area (Å²) in [5.74, 6) is 0. The summed E-state index contributed by atoms with van der Waals surface area (Å²) in [6.45, 7) is 4.49. The number of nitrogens with zero attached hydrogens (tertiary/aromatic N) is 5. The lowest BCUT2D eigenvalue weighted by Crippen LogP contribution is -2.21. The number of aliphatic imine (C=N–C) groups is 1. The van der Waals surface area contributed by atoms with Crippen LogP contribution in [0.1, 0.15) is 30.5 Å². The zero-order chi connectivity index (χ0) is 23.2. The molecule has 0 radical (unpaired) electrons. The summed E-state index contributed by atoms with van der Waals surface area (Å²) in [5.41, 5.74) is 6.78. The molecule has 5 rings (SSSR count). The van der Waals surface area contributed by atoms with Crippen molar-refractivity contribution in [3.8, 4) is 34.3 Å². The second-order valence-electron chi connectivity index (χ2n) is 8.84. The first kappa shape index (κ1) is 20.7. The second-order valence-corrected chi connectivity index (χ2v) is 8.84. The van der Waals surface area contributed by atoms with Crippen molar-refractivity contribution in [3.05, 3.63) is 94.2 Å². The Morgan fingerprint density at radius 1 is 1.03 bits per heavy atom. The molecule has 0 atom stereocenters. The zero-order valence-electron chi connectivity index (χ0n) is 18.8. The molecule has 4 aromatic rings. The van der Waals surface area contributed by atoms with Crippen LogP contribution in [0.15, 0.2) is 76.8 Å². The summed E-state index contributed by atoms with van der Waals surface area (Å²) in [4.78, 5) is 21.9. The maximum Gasteiger partial charge on any atom is 0.333 e. The molecule has 0 fully saturated rings. The predicted molar refractivity (Wildman–Crippen MR) is 130 cm³/mol. The molecule has 6 nitrogen and oxygen atoms in total. The molecular formula is C27H23N5O. The van der Waals surface area contributed by atoms with Crippen LogP contribution in [0.2, 0.25) is 0 Å². The van der Waals surface area contributed by atoms with Crippen molar-refractivity contribution < 1.29 is 0 Å². The molecule has 1 aliphatic rings. The first-order chi connectivity index (χ1) is 15.9. The number of pyridine rings is 1. The lowest BCUT2D eigenvalue weighted by molar-refractivity contribution is 0.686. The Morgan fingerprint density at radius 3 is 2.55 bits per heavy atom. The van der Waals surface area contributed by atoms with E-state index in [2.05, 4.69) is 34.2 Å². The van der Waals surface area contributed by atoms with Crippen molar-refractivity contribution in [2.24, 2.45) is 12.0 Å². The van der Waals surface area contributed by atoms with Gasteiger partial charge in [0.05, 0.1) is 35.1 Å². The highest BCUT2D eigenvalue weighted by Gasteiger charge is 2.21. The molecule has 2 aromatic heterocycles. The van der Waals surface area contributed by atoms with Gasteiger partial charge in [-0.2, -0.15) is 5.26 Å². The largest absolute Gasteiger partial charge is 0.333 e. The number of benzene rings is 2. The van der Waals surface area contributed by atoms with Gasteiger partial charge in [0.15, 0.2) is 0 Å². The molecule has 0 saturated carbocycles. The fourth-order valence-corrected chi connectivity index (χ4v) is 4.11. The van der Waals surface area contributed by atoms with Crippen molar-refractivity contribution in [1.29, 1.82) is 5.26 Å². The van der Waals surface area contributed by atoms with E-state index in [1.807, 2.05) is 56.5 Å². The van der Waals surface area contributed by atoms with Crippen molar-refractivity contribution in [3.63, 3.8) is 0 Å². The molecule has 0 amide bonds. The minimum atomic E-state index is -0.598. The van der Waals surface area contributed by atoms with Gasteiger partial charge in [0, 0.05) is 25.7 Å². The Morgan fingerprint density at radius 2 is 1.79 bits per heavy atom. The minimum Gasteiger partial charge on any atom is -0.301 e. The summed E-state index contributed by atoms with van der Waals surface area (Å²) in [6, 6.07) is 20.2. The summed E-state index contributed by atoms with van der Waals surface area (Å²) < 4.78 is 3.22. The topological polar surface area (TPSA) is 76.0 Å². The lowest BCUT2D eigenvalue weighted by atomic mass is 9.86. The Hall–Kier alpha value is -4.24. The zero-order valence-corrected chi connectivity index (χ0v) is 18.8. The van der Waals surface area contributed by atoms with E-state index in [4.69, 9.17) is 0 Å². The smallest absolute Gasteiger partial charge is 0.301 e. The third kappa shape index (κ3) is 3.58. The van der Waals surface area contributed by atoms with E-state index < -0.39 is 5.41 Å². The van der Waals surface area contributed by atoms with Crippen molar-refractivity contribution in [2.45, 2.75) is 25.8 Å². The van der Waals surface area contributed by atoms with E-state index in [0.29, 0.717) is 11.4 Å². The number of hydrogen-bond acceptors (Lipinski definition) is 4. The predicted octanol–water partition coefficient (Wildman–Crippen LogP) is 4.64. The van der Waals surface area contributed by atoms with E-state index in [1.165, 1.54) is 5.56 Å². The van der Waals surface area contributed by atoms with Gasteiger partial charge < -0.3 is 4.57 Å².